The highest BCUT2D eigenvalue weighted by atomic mass is 16.3. The van der Waals surface area contributed by atoms with Crippen molar-refractivity contribution in [2.24, 2.45) is 0 Å². The maximum Gasteiger partial charge on any atom is 0.271 e. The molecule has 0 spiro atoms. The maximum atomic E-state index is 11.8. The Bertz CT molecular complexity index is 579. The fourth-order valence-electron chi connectivity index (χ4n) is 1.70. The predicted molar refractivity (Wildman–Crippen MR) is 75.2 cm³/mol. The van der Waals surface area contributed by atoms with Gasteiger partial charge in [0.2, 0.25) is 0 Å². The number of aromatic nitrogens is 2. The monoisotopic (exact) mass is 271 g/mol. The predicted octanol–water partition coefficient (Wildman–Crippen LogP) is 1.56. The zero-order valence-electron chi connectivity index (χ0n) is 11.5. The van der Waals surface area contributed by atoms with Crippen LogP contribution in [0.4, 0.5) is 0 Å². The molecular weight excluding hydrogens is 254 g/mol. The number of hydrogen-bond acceptors (Lipinski definition) is 4. The van der Waals surface area contributed by atoms with Crippen LogP contribution in [-0.4, -0.2) is 27.5 Å². The molecule has 1 aromatic heterocycles. The van der Waals surface area contributed by atoms with Crippen LogP contribution in [0.5, 0.6) is 0 Å². The second kappa shape index (κ2) is 6.25. The van der Waals surface area contributed by atoms with Gasteiger partial charge < -0.3 is 10.4 Å². The molecule has 20 heavy (non-hydrogen) atoms. The highest BCUT2D eigenvalue weighted by molar-refractivity contribution is 5.91. The van der Waals surface area contributed by atoms with Crippen LogP contribution < -0.4 is 5.32 Å². The Morgan fingerprint density at radius 2 is 1.90 bits per heavy atom. The average Bonchev–Trinajstić information content (AvgIpc) is 2.46. The second-order valence-electron chi connectivity index (χ2n) is 4.68. The molecule has 0 unspecified atom stereocenters. The van der Waals surface area contributed by atoms with E-state index in [1.54, 1.807) is 6.92 Å². The summed E-state index contributed by atoms with van der Waals surface area (Å²) in [5.74, 6) is -0.344. The van der Waals surface area contributed by atoms with Gasteiger partial charge >= 0.3 is 0 Å². The van der Waals surface area contributed by atoms with Crippen molar-refractivity contribution in [1.82, 2.24) is 15.3 Å². The molecule has 2 rings (SSSR count). The molecule has 1 aromatic carbocycles. The highest BCUT2D eigenvalue weighted by Gasteiger charge is 2.11. The van der Waals surface area contributed by atoms with E-state index in [1.165, 1.54) is 12.4 Å². The molecule has 1 amide bonds. The lowest BCUT2D eigenvalue weighted by molar-refractivity contribution is 0.0911. The van der Waals surface area contributed by atoms with Crippen LogP contribution in [0.15, 0.2) is 36.7 Å². The van der Waals surface area contributed by atoms with Crippen molar-refractivity contribution >= 4 is 5.91 Å². The molecule has 0 aliphatic rings. The summed E-state index contributed by atoms with van der Waals surface area (Å²) in [4.78, 5) is 19.8. The topological polar surface area (TPSA) is 75.1 Å². The van der Waals surface area contributed by atoms with Crippen LogP contribution in [0.2, 0.25) is 0 Å². The number of carbonyl (C=O) groups is 1. The van der Waals surface area contributed by atoms with Crippen LogP contribution in [0.1, 0.15) is 33.4 Å². The van der Waals surface area contributed by atoms with E-state index in [1.807, 2.05) is 31.2 Å². The van der Waals surface area contributed by atoms with Gasteiger partial charge in [0.05, 0.1) is 18.0 Å². The second-order valence-corrected chi connectivity index (χ2v) is 4.68. The van der Waals surface area contributed by atoms with Crippen molar-refractivity contribution in [3.63, 3.8) is 0 Å². The number of hydrogen-bond donors (Lipinski definition) is 2. The van der Waals surface area contributed by atoms with Crippen molar-refractivity contribution in [2.75, 3.05) is 6.54 Å². The van der Waals surface area contributed by atoms with Gasteiger partial charge in [0.1, 0.15) is 5.69 Å². The quantitative estimate of drug-likeness (QED) is 0.885. The molecule has 1 heterocycles. The number of aryl methyl sites for hydroxylation is 2. The fraction of sp³-hybridized carbons (Fsp3) is 0.267. The molecule has 5 nitrogen and oxygen atoms in total. The van der Waals surface area contributed by atoms with E-state index in [0.29, 0.717) is 0 Å². The van der Waals surface area contributed by atoms with Gasteiger partial charge in [0, 0.05) is 12.7 Å². The third kappa shape index (κ3) is 3.61. The van der Waals surface area contributed by atoms with Gasteiger partial charge in [0.25, 0.3) is 5.91 Å². The maximum absolute atomic E-state index is 11.8. The van der Waals surface area contributed by atoms with Crippen LogP contribution in [-0.2, 0) is 0 Å². The highest BCUT2D eigenvalue weighted by Crippen LogP contribution is 2.12. The van der Waals surface area contributed by atoms with E-state index in [2.05, 4.69) is 15.3 Å². The van der Waals surface area contributed by atoms with E-state index in [0.717, 1.165) is 16.8 Å². The molecule has 0 bridgehead atoms. The van der Waals surface area contributed by atoms with Crippen molar-refractivity contribution < 1.29 is 9.90 Å². The van der Waals surface area contributed by atoms with Crippen LogP contribution in [0, 0.1) is 13.8 Å². The number of aliphatic hydroxyl groups is 1. The van der Waals surface area contributed by atoms with Gasteiger partial charge in [-0.15, -0.1) is 0 Å². The Labute approximate surface area is 117 Å². The zero-order chi connectivity index (χ0) is 14.5. The molecule has 0 saturated carbocycles. The number of nitrogens with zero attached hydrogens (tertiary/aromatic N) is 2. The Hall–Kier alpha value is -2.27. The van der Waals surface area contributed by atoms with Gasteiger partial charge in [-0.05, 0) is 19.4 Å². The number of nitrogens with one attached hydrogen (secondary N) is 1. The number of carbonyl (C=O) groups excluding carboxylic acids is 1. The van der Waals surface area contributed by atoms with Crippen molar-refractivity contribution in [2.45, 2.75) is 20.0 Å². The van der Waals surface area contributed by atoms with Crippen molar-refractivity contribution in [1.29, 1.82) is 0 Å². The van der Waals surface area contributed by atoms with Gasteiger partial charge in [0.15, 0.2) is 0 Å². The lowest BCUT2D eigenvalue weighted by Gasteiger charge is -2.12. The van der Waals surface area contributed by atoms with E-state index in [4.69, 9.17) is 0 Å². The summed E-state index contributed by atoms with van der Waals surface area (Å²) in [6, 6.07) is 7.54. The molecule has 104 valence electrons. The van der Waals surface area contributed by atoms with Crippen LogP contribution >= 0.6 is 0 Å². The number of rotatable bonds is 4. The average molecular weight is 271 g/mol. The Morgan fingerprint density at radius 1 is 1.20 bits per heavy atom. The SMILES string of the molecule is Cc1ccc([C@@H](O)CNC(=O)c2cnc(C)cn2)cc1. The first kappa shape index (κ1) is 14.1. The van der Waals surface area contributed by atoms with Crippen molar-refractivity contribution in [3.05, 3.63) is 59.2 Å². The van der Waals surface area contributed by atoms with Gasteiger partial charge in [-0.2, -0.15) is 0 Å². The molecule has 0 fully saturated rings. The summed E-state index contributed by atoms with van der Waals surface area (Å²) < 4.78 is 0. The third-order valence-electron chi connectivity index (χ3n) is 2.93. The molecule has 5 heteroatoms. The first-order chi connectivity index (χ1) is 9.56. The standard InChI is InChI=1S/C15H17N3O2/c1-10-3-5-12(6-4-10)14(19)9-18-15(20)13-8-16-11(2)7-17-13/h3-8,14,19H,9H2,1-2H3,(H,18,20)/t14-/m0/s1. The number of aliphatic hydroxyl groups excluding tert-OH is 1. The smallest absolute Gasteiger partial charge is 0.271 e. The first-order valence-corrected chi connectivity index (χ1v) is 6.38. The van der Waals surface area contributed by atoms with E-state index in [9.17, 15) is 9.90 Å². The van der Waals surface area contributed by atoms with Crippen LogP contribution in [0.3, 0.4) is 0 Å². The van der Waals surface area contributed by atoms with E-state index >= 15 is 0 Å². The normalized spacial score (nSPS) is 11.9. The first-order valence-electron chi connectivity index (χ1n) is 6.38. The lowest BCUT2D eigenvalue weighted by Crippen LogP contribution is -2.29. The summed E-state index contributed by atoms with van der Waals surface area (Å²) in [7, 11) is 0. The Morgan fingerprint density at radius 3 is 2.50 bits per heavy atom. The largest absolute Gasteiger partial charge is 0.387 e. The summed E-state index contributed by atoms with van der Waals surface area (Å²) in [5, 5.41) is 12.6. The lowest BCUT2D eigenvalue weighted by atomic mass is 10.1. The Kier molecular flexibility index (Phi) is 4.42. The summed E-state index contributed by atoms with van der Waals surface area (Å²) >= 11 is 0. The molecule has 0 aliphatic carbocycles. The number of benzene rings is 1. The fourth-order valence-corrected chi connectivity index (χ4v) is 1.70. The molecule has 0 saturated heterocycles. The van der Waals surface area contributed by atoms with Crippen LogP contribution in [0.25, 0.3) is 0 Å². The van der Waals surface area contributed by atoms with Gasteiger partial charge in [-0.3, -0.25) is 9.78 Å². The molecule has 1 atom stereocenters. The Balaban J connectivity index is 1.92. The molecule has 0 radical (unpaired) electrons. The number of amides is 1. The molecule has 2 aromatic rings. The van der Waals surface area contributed by atoms with Gasteiger partial charge in [-0.25, -0.2) is 4.98 Å². The third-order valence-corrected chi connectivity index (χ3v) is 2.93. The zero-order valence-corrected chi connectivity index (χ0v) is 11.5. The summed E-state index contributed by atoms with van der Waals surface area (Å²) in [5.41, 5.74) is 2.89. The summed E-state index contributed by atoms with van der Waals surface area (Å²) in [6.07, 6.45) is 2.21. The van der Waals surface area contributed by atoms with Crippen molar-refractivity contribution in [3.8, 4) is 0 Å². The minimum absolute atomic E-state index is 0.136. The van der Waals surface area contributed by atoms with Gasteiger partial charge in [-0.1, -0.05) is 29.8 Å². The minimum Gasteiger partial charge on any atom is -0.387 e. The van der Waals surface area contributed by atoms with E-state index < -0.39 is 6.10 Å². The molecular formula is C15H17N3O2. The molecule has 0 aliphatic heterocycles. The molecule has 2 N–H and O–H groups in total. The summed E-state index contributed by atoms with van der Waals surface area (Å²) in [6.45, 7) is 3.92. The van der Waals surface area contributed by atoms with E-state index in [-0.39, 0.29) is 18.1 Å². The minimum atomic E-state index is -0.738.